The molecule has 3 rings (SSSR count). The summed E-state index contributed by atoms with van der Waals surface area (Å²) in [5.74, 6) is 0.804. The molecule has 1 spiro atoms. The maximum atomic E-state index is 10.7. The van der Waals surface area contributed by atoms with Crippen LogP contribution in [-0.2, 0) is 4.74 Å². The van der Waals surface area contributed by atoms with E-state index in [1.54, 1.807) is 0 Å². The van der Waals surface area contributed by atoms with E-state index in [-0.39, 0.29) is 0 Å². The van der Waals surface area contributed by atoms with Gasteiger partial charge < -0.3 is 9.84 Å². The molecule has 1 atom stereocenters. The van der Waals surface area contributed by atoms with Gasteiger partial charge in [-0.15, -0.1) is 0 Å². The van der Waals surface area contributed by atoms with Gasteiger partial charge >= 0.3 is 0 Å². The van der Waals surface area contributed by atoms with Crippen molar-refractivity contribution in [2.75, 3.05) is 32.8 Å². The van der Waals surface area contributed by atoms with Crippen molar-refractivity contribution in [1.29, 1.82) is 0 Å². The summed E-state index contributed by atoms with van der Waals surface area (Å²) in [6.07, 6.45) is 6.86. The number of aliphatic hydroxyl groups is 1. The molecule has 2 aliphatic heterocycles. The van der Waals surface area contributed by atoms with E-state index < -0.39 is 5.60 Å². The number of ether oxygens (including phenoxy) is 1. The van der Waals surface area contributed by atoms with Crippen LogP contribution < -0.4 is 0 Å². The fraction of sp³-hybridized carbons (Fsp3) is 1.00. The van der Waals surface area contributed by atoms with Gasteiger partial charge in [0.1, 0.15) is 0 Å². The van der Waals surface area contributed by atoms with E-state index in [2.05, 4.69) is 11.8 Å². The summed E-state index contributed by atoms with van der Waals surface area (Å²) in [5.41, 5.74) is 0.0236. The standard InChI is InChI=1S/C15H27NO2/c1-13-2-4-15(17,5-3-13)11-16-8-6-14(10-16)7-9-18-12-14/h13,17H,2-12H2,1H3. The van der Waals surface area contributed by atoms with Gasteiger partial charge in [0.15, 0.2) is 0 Å². The van der Waals surface area contributed by atoms with Crippen molar-refractivity contribution in [3.05, 3.63) is 0 Å². The Hall–Kier alpha value is -0.120. The molecular weight excluding hydrogens is 226 g/mol. The Morgan fingerprint density at radius 1 is 1.22 bits per heavy atom. The number of likely N-dealkylation sites (tertiary alicyclic amines) is 1. The molecule has 104 valence electrons. The maximum absolute atomic E-state index is 10.7. The highest BCUT2D eigenvalue weighted by atomic mass is 16.5. The van der Waals surface area contributed by atoms with Gasteiger partial charge in [-0.1, -0.05) is 6.92 Å². The first-order valence-electron chi connectivity index (χ1n) is 7.62. The molecule has 3 nitrogen and oxygen atoms in total. The van der Waals surface area contributed by atoms with E-state index >= 15 is 0 Å². The molecular formula is C15H27NO2. The third kappa shape index (κ3) is 2.59. The monoisotopic (exact) mass is 253 g/mol. The number of hydrogen-bond donors (Lipinski definition) is 1. The molecule has 0 aromatic rings. The summed E-state index contributed by atoms with van der Waals surface area (Å²) < 4.78 is 5.57. The van der Waals surface area contributed by atoms with Gasteiger partial charge in [0.05, 0.1) is 12.2 Å². The molecule has 0 aromatic heterocycles. The van der Waals surface area contributed by atoms with E-state index in [1.165, 1.54) is 25.7 Å². The summed E-state index contributed by atoms with van der Waals surface area (Å²) in [6, 6.07) is 0. The Bertz CT molecular complexity index is 291. The molecule has 1 N–H and O–H groups in total. The highest BCUT2D eigenvalue weighted by Gasteiger charge is 2.43. The molecule has 0 bridgehead atoms. The predicted molar refractivity (Wildman–Crippen MR) is 71.5 cm³/mol. The second-order valence-electron chi connectivity index (χ2n) is 7.17. The van der Waals surface area contributed by atoms with Crippen LogP contribution in [-0.4, -0.2) is 48.5 Å². The van der Waals surface area contributed by atoms with Gasteiger partial charge in [-0.3, -0.25) is 4.90 Å². The molecule has 0 radical (unpaired) electrons. The average molecular weight is 253 g/mol. The first kappa shape index (κ1) is 12.9. The third-order valence-corrected chi connectivity index (χ3v) is 5.43. The topological polar surface area (TPSA) is 32.7 Å². The van der Waals surface area contributed by atoms with Crippen molar-refractivity contribution in [2.45, 2.75) is 51.0 Å². The van der Waals surface area contributed by atoms with Crippen LogP contribution in [0.5, 0.6) is 0 Å². The average Bonchev–Trinajstić information content (AvgIpc) is 2.95. The minimum Gasteiger partial charge on any atom is -0.389 e. The molecule has 2 heterocycles. The number of β-amino-alcohol motifs (C(OH)–C–C–N with tert-alkyl or cyclic N) is 1. The van der Waals surface area contributed by atoms with E-state index in [1.807, 2.05) is 0 Å². The Morgan fingerprint density at radius 3 is 2.67 bits per heavy atom. The Kier molecular flexibility index (Phi) is 3.41. The van der Waals surface area contributed by atoms with Crippen molar-refractivity contribution < 1.29 is 9.84 Å². The lowest BCUT2D eigenvalue weighted by Crippen LogP contribution is -2.45. The molecule has 1 unspecified atom stereocenters. The van der Waals surface area contributed by atoms with E-state index in [0.717, 1.165) is 51.6 Å². The second kappa shape index (κ2) is 4.77. The zero-order chi connectivity index (χ0) is 12.6. The molecule has 3 fully saturated rings. The maximum Gasteiger partial charge on any atom is 0.0774 e. The predicted octanol–water partition coefficient (Wildman–Crippen LogP) is 2.04. The lowest BCUT2D eigenvalue weighted by Gasteiger charge is -2.38. The Morgan fingerprint density at radius 2 is 2.00 bits per heavy atom. The normalized spacial score (nSPS) is 46.0. The van der Waals surface area contributed by atoms with Crippen molar-refractivity contribution in [3.63, 3.8) is 0 Å². The molecule has 2 saturated heterocycles. The Labute approximate surface area is 110 Å². The Balaban J connectivity index is 1.54. The van der Waals surface area contributed by atoms with E-state index in [9.17, 15) is 5.11 Å². The van der Waals surface area contributed by atoms with Crippen molar-refractivity contribution in [2.24, 2.45) is 11.3 Å². The fourth-order valence-corrected chi connectivity index (χ4v) is 4.01. The summed E-state index contributed by atoms with van der Waals surface area (Å²) in [6.45, 7) is 7.38. The third-order valence-electron chi connectivity index (χ3n) is 5.43. The SMILES string of the molecule is CC1CCC(O)(CN2CCC3(CCOC3)C2)CC1. The number of nitrogens with zero attached hydrogens (tertiary/aromatic N) is 1. The van der Waals surface area contributed by atoms with Gasteiger partial charge in [-0.25, -0.2) is 0 Å². The highest BCUT2D eigenvalue weighted by Crippen LogP contribution is 2.40. The van der Waals surface area contributed by atoms with Crippen LogP contribution >= 0.6 is 0 Å². The van der Waals surface area contributed by atoms with Gasteiger partial charge in [-0.05, 0) is 51.0 Å². The highest BCUT2D eigenvalue weighted by molar-refractivity contribution is 4.96. The number of hydrogen-bond acceptors (Lipinski definition) is 3. The van der Waals surface area contributed by atoms with Crippen LogP contribution in [0.3, 0.4) is 0 Å². The lowest BCUT2D eigenvalue weighted by atomic mass is 9.79. The molecule has 3 aliphatic rings. The van der Waals surface area contributed by atoms with Crippen molar-refractivity contribution in [3.8, 4) is 0 Å². The number of rotatable bonds is 2. The first-order valence-corrected chi connectivity index (χ1v) is 7.62. The quantitative estimate of drug-likeness (QED) is 0.817. The van der Waals surface area contributed by atoms with Gasteiger partial charge in [0, 0.05) is 25.1 Å². The van der Waals surface area contributed by atoms with Crippen LogP contribution in [0.2, 0.25) is 0 Å². The summed E-state index contributed by atoms with van der Waals surface area (Å²) in [4.78, 5) is 2.49. The molecule has 18 heavy (non-hydrogen) atoms. The van der Waals surface area contributed by atoms with Crippen LogP contribution in [0.25, 0.3) is 0 Å². The van der Waals surface area contributed by atoms with Gasteiger partial charge in [0.25, 0.3) is 0 Å². The molecule has 1 aliphatic carbocycles. The zero-order valence-corrected chi connectivity index (χ0v) is 11.7. The molecule has 1 saturated carbocycles. The minimum atomic E-state index is -0.405. The fourth-order valence-electron chi connectivity index (χ4n) is 4.01. The summed E-state index contributed by atoms with van der Waals surface area (Å²) >= 11 is 0. The van der Waals surface area contributed by atoms with Crippen LogP contribution in [0.1, 0.15) is 45.4 Å². The van der Waals surface area contributed by atoms with Gasteiger partial charge in [-0.2, -0.15) is 0 Å². The van der Waals surface area contributed by atoms with Crippen LogP contribution in [0.15, 0.2) is 0 Å². The van der Waals surface area contributed by atoms with Crippen LogP contribution in [0, 0.1) is 11.3 Å². The van der Waals surface area contributed by atoms with Crippen molar-refractivity contribution in [1.82, 2.24) is 4.90 Å². The molecule has 0 aromatic carbocycles. The summed E-state index contributed by atoms with van der Waals surface area (Å²) in [7, 11) is 0. The van der Waals surface area contributed by atoms with Crippen LogP contribution in [0.4, 0.5) is 0 Å². The van der Waals surface area contributed by atoms with Crippen molar-refractivity contribution >= 4 is 0 Å². The second-order valence-corrected chi connectivity index (χ2v) is 7.17. The summed E-state index contributed by atoms with van der Waals surface area (Å²) in [5, 5.41) is 10.7. The molecule has 0 amide bonds. The minimum absolute atomic E-state index is 0.405. The first-order chi connectivity index (χ1) is 8.59. The smallest absolute Gasteiger partial charge is 0.0774 e. The zero-order valence-electron chi connectivity index (χ0n) is 11.7. The van der Waals surface area contributed by atoms with E-state index in [0.29, 0.717) is 5.41 Å². The largest absolute Gasteiger partial charge is 0.389 e. The van der Waals surface area contributed by atoms with Gasteiger partial charge in [0.2, 0.25) is 0 Å². The van der Waals surface area contributed by atoms with E-state index in [4.69, 9.17) is 4.74 Å². The molecule has 3 heteroatoms. The lowest BCUT2D eigenvalue weighted by molar-refractivity contribution is -0.0326.